The van der Waals surface area contributed by atoms with Gasteiger partial charge in [-0.3, -0.25) is 0 Å². The highest BCUT2D eigenvalue weighted by Crippen LogP contribution is 2.35. The fraction of sp³-hybridized carbons (Fsp3) is 0.190. The third-order valence-corrected chi connectivity index (χ3v) is 4.74. The number of imide groups is 1. The van der Waals surface area contributed by atoms with Crippen molar-refractivity contribution in [2.24, 2.45) is 0 Å². The number of carbonyl (C=O) groups excluding carboxylic acids is 2. The molecule has 3 rings (SSSR count). The normalized spacial score (nSPS) is 16.2. The summed E-state index contributed by atoms with van der Waals surface area (Å²) in [7, 11) is 0. The van der Waals surface area contributed by atoms with Crippen molar-refractivity contribution < 1.29 is 24.3 Å². The predicted molar refractivity (Wildman–Crippen MR) is 110 cm³/mol. The predicted octanol–water partition coefficient (Wildman–Crippen LogP) is 4.20. The molecule has 1 aliphatic heterocycles. The van der Waals surface area contributed by atoms with Crippen LogP contribution in [0.2, 0.25) is 5.02 Å². The van der Waals surface area contributed by atoms with E-state index >= 15 is 0 Å². The monoisotopic (exact) mass is 429 g/mol. The highest BCUT2D eigenvalue weighted by Gasteiger charge is 2.43. The lowest BCUT2D eigenvalue weighted by molar-refractivity contribution is -0.133. The Morgan fingerprint density at radius 2 is 1.90 bits per heavy atom. The molecule has 1 atom stereocenters. The van der Waals surface area contributed by atoms with Gasteiger partial charge in [-0.2, -0.15) is 5.06 Å². The largest absolute Gasteiger partial charge is 0.478 e. The van der Waals surface area contributed by atoms with Crippen LogP contribution in [-0.2, 0) is 4.79 Å². The van der Waals surface area contributed by atoms with E-state index in [-0.39, 0.29) is 17.8 Å². The Hall–Kier alpha value is -3.52. The summed E-state index contributed by atoms with van der Waals surface area (Å²) in [6, 6.07) is 12.2. The summed E-state index contributed by atoms with van der Waals surface area (Å²) in [5, 5.41) is 13.6. The number of carbonyl (C=O) groups is 3. The Balaban J connectivity index is 2.06. The van der Waals surface area contributed by atoms with E-state index in [9.17, 15) is 19.5 Å². The smallest absolute Gasteiger partial charge is 0.362 e. The number of carboxylic acid groups (broad SMARTS) is 1. The van der Waals surface area contributed by atoms with Crippen LogP contribution in [0, 0.1) is 0 Å². The second-order valence-corrected chi connectivity index (χ2v) is 6.92. The summed E-state index contributed by atoms with van der Waals surface area (Å²) in [5.74, 6) is -0.864. The number of aliphatic carboxylic acids is 1. The van der Waals surface area contributed by atoms with Crippen molar-refractivity contribution in [3.63, 3.8) is 0 Å². The van der Waals surface area contributed by atoms with Crippen LogP contribution < -0.4 is 10.2 Å². The lowest BCUT2D eigenvalue weighted by atomic mass is 9.94. The number of nitrogens with zero attached hydrogens (tertiary/aromatic N) is 2. The van der Waals surface area contributed by atoms with Gasteiger partial charge in [0.25, 0.3) is 0 Å². The summed E-state index contributed by atoms with van der Waals surface area (Å²) < 4.78 is 0. The average Bonchev–Trinajstić information content (AvgIpc) is 2.71. The zero-order valence-corrected chi connectivity index (χ0v) is 17.1. The molecular formula is C21H20ClN3O5. The minimum Gasteiger partial charge on any atom is -0.478 e. The number of halogens is 1. The quantitative estimate of drug-likeness (QED) is 0.694. The molecule has 0 aromatic heterocycles. The Morgan fingerprint density at radius 3 is 2.50 bits per heavy atom. The second-order valence-electron chi connectivity index (χ2n) is 6.48. The van der Waals surface area contributed by atoms with Crippen molar-refractivity contribution in [1.29, 1.82) is 0 Å². The number of para-hydroxylation sites is 1. The van der Waals surface area contributed by atoms with Gasteiger partial charge in [-0.05, 0) is 43.7 Å². The number of amides is 4. The van der Waals surface area contributed by atoms with Gasteiger partial charge in [0.2, 0.25) is 0 Å². The summed E-state index contributed by atoms with van der Waals surface area (Å²) in [5.41, 5.74) is 0.396. The minimum atomic E-state index is -1.26. The van der Waals surface area contributed by atoms with Gasteiger partial charge in [-0.1, -0.05) is 41.9 Å². The van der Waals surface area contributed by atoms with Crippen molar-refractivity contribution in [2.75, 3.05) is 6.54 Å². The van der Waals surface area contributed by atoms with Crippen molar-refractivity contribution in [2.45, 2.75) is 19.9 Å². The molecule has 0 bridgehead atoms. The van der Waals surface area contributed by atoms with Crippen LogP contribution in [0.25, 0.3) is 0 Å². The molecule has 0 radical (unpaired) electrons. The van der Waals surface area contributed by atoms with Gasteiger partial charge in [0.1, 0.15) is 6.04 Å². The summed E-state index contributed by atoms with van der Waals surface area (Å²) in [6.45, 7) is 3.26. The number of allylic oxidation sites excluding steroid dienone is 1. The number of hydrogen-bond acceptors (Lipinski definition) is 4. The molecule has 4 amide bonds. The second kappa shape index (κ2) is 8.87. The van der Waals surface area contributed by atoms with Crippen LogP contribution in [0.5, 0.6) is 5.75 Å². The third kappa shape index (κ3) is 4.23. The van der Waals surface area contributed by atoms with Gasteiger partial charge in [0, 0.05) is 10.7 Å². The Labute approximate surface area is 178 Å². The van der Waals surface area contributed by atoms with Crippen molar-refractivity contribution in [1.82, 2.24) is 15.3 Å². The van der Waals surface area contributed by atoms with Gasteiger partial charge >= 0.3 is 18.0 Å². The summed E-state index contributed by atoms with van der Waals surface area (Å²) >= 11 is 6.09. The molecule has 30 heavy (non-hydrogen) atoms. The van der Waals surface area contributed by atoms with E-state index in [4.69, 9.17) is 16.4 Å². The Bertz CT molecular complexity index is 1010. The van der Waals surface area contributed by atoms with Crippen LogP contribution in [0.1, 0.15) is 25.5 Å². The van der Waals surface area contributed by atoms with Crippen LogP contribution in [0.4, 0.5) is 9.59 Å². The average molecular weight is 430 g/mol. The van der Waals surface area contributed by atoms with E-state index in [1.54, 1.807) is 55.5 Å². The van der Waals surface area contributed by atoms with Crippen molar-refractivity contribution in [3.05, 3.63) is 76.5 Å². The van der Waals surface area contributed by atoms with Crippen LogP contribution in [-0.4, -0.2) is 39.6 Å². The molecule has 2 aromatic rings. The molecule has 0 saturated carbocycles. The number of rotatable bonds is 5. The molecule has 8 nitrogen and oxygen atoms in total. The van der Waals surface area contributed by atoms with E-state index in [1.165, 1.54) is 13.0 Å². The highest BCUT2D eigenvalue weighted by atomic mass is 35.5. The standard InChI is InChI=1S/C21H20ClN3O5/c1-3-24(30-16-10-5-4-6-11-16)21(29)25-18(14-8-7-9-15(22)12-14)17(19(26)27)13(2)23-20(25)28/h4-12,18H,3H2,1-2H3,(H,23,28)(H,26,27). The van der Waals surface area contributed by atoms with E-state index in [0.717, 1.165) is 9.96 Å². The van der Waals surface area contributed by atoms with Gasteiger partial charge in [0.15, 0.2) is 5.75 Å². The molecule has 1 heterocycles. The van der Waals surface area contributed by atoms with Gasteiger partial charge < -0.3 is 15.3 Å². The number of hydroxylamine groups is 2. The molecule has 2 N–H and O–H groups in total. The first kappa shape index (κ1) is 21.2. The van der Waals surface area contributed by atoms with Crippen molar-refractivity contribution >= 4 is 29.6 Å². The SMILES string of the molecule is CCN(Oc1ccccc1)C(=O)N1C(=O)NC(C)=C(C(=O)O)C1c1cccc(Cl)c1. The first-order valence-electron chi connectivity index (χ1n) is 9.17. The van der Waals surface area contributed by atoms with Gasteiger partial charge in [-0.15, -0.1) is 0 Å². The molecule has 1 unspecified atom stereocenters. The molecular weight excluding hydrogens is 410 g/mol. The molecule has 0 spiro atoms. The molecule has 156 valence electrons. The van der Waals surface area contributed by atoms with Gasteiger partial charge in [-0.25, -0.2) is 19.3 Å². The Kier molecular flexibility index (Phi) is 6.27. The van der Waals surface area contributed by atoms with E-state index < -0.39 is 24.1 Å². The number of hydrogen-bond donors (Lipinski definition) is 2. The first-order chi connectivity index (χ1) is 14.3. The number of urea groups is 2. The summed E-state index contributed by atoms with van der Waals surface area (Å²) in [4.78, 5) is 44.6. The maximum absolute atomic E-state index is 13.3. The topological polar surface area (TPSA) is 99.2 Å². The molecule has 0 saturated heterocycles. The third-order valence-electron chi connectivity index (χ3n) is 4.51. The lowest BCUT2D eigenvalue weighted by Gasteiger charge is -2.37. The first-order valence-corrected chi connectivity index (χ1v) is 9.55. The highest BCUT2D eigenvalue weighted by molar-refractivity contribution is 6.30. The summed E-state index contributed by atoms with van der Waals surface area (Å²) in [6.07, 6.45) is 0. The van der Waals surface area contributed by atoms with Crippen LogP contribution in [0.15, 0.2) is 65.9 Å². The minimum absolute atomic E-state index is 0.116. The fourth-order valence-electron chi connectivity index (χ4n) is 3.17. The number of nitrogens with one attached hydrogen (secondary N) is 1. The van der Waals surface area contributed by atoms with Crippen molar-refractivity contribution in [3.8, 4) is 5.75 Å². The molecule has 9 heteroatoms. The van der Waals surface area contributed by atoms with E-state index in [2.05, 4.69) is 5.32 Å². The Morgan fingerprint density at radius 1 is 1.20 bits per heavy atom. The number of carboxylic acids is 1. The zero-order chi connectivity index (χ0) is 21.8. The van der Waals surface area contributed by atoms with E-state index in [0.29, 0.717) is 16.3 Å². The number of benzene rings is 2. The maximum Gasteiger partial charge on any atom is 0.362 e. The van der Waals surface area contributed by atoms with Crippen LogP contribution in [0.3, 0.4) is 0 Å². The molecule has 0 aliphatic carbocycles. The molecule has 2 aromatic carbocycles. The molecule has 1 aliphatic rings. The zero-order valence-electron chi connectivity index (χ0n) is 16.3. The van der Waals surface area contributed by atoms with E-state index in [1.807, 2.05) is 0 Å². The van der Waals surface area contributed by atoms with Gasteiger partial charge in [0.05, 0.1) is 12.1 Å². The molecule has 0 fully saturated rings. The maximum atomic E-state index is 13.3. The fourth-order valence-corrected chi connectivity index (χ4v) is 3.37. The lowest BCUT2D eigenvalue weighted by Crippen LogP contribution is -2.55. The van der Waals surface area contributed by atoms with Crippen LogP contribution >= 0.6 is 11.6 Å².